The molecule has 1 aromatic carbocycles. The quantitative estimate of drug-likeness (QED) is 0.421. The minimum absolute atomic E-state index is 0.166. The summed E-state index contributed by atoms with van der Waals surface area (Å²) >= 11 is 3.51. The highest BCUT2D eigenvalue weighted by Crippen LogP contribution is 2.53. The zero-order valence-corrected chi connectivity index (χ0v) is 12.7. The Morgan fingerprint density at radius 3 is 2.05 bits per heavy atom. The van der Waals surface area contributed by atoms with Gasteiger partial charge in [0.15, 0.2) is 17.4 Å². The second-order valence-electron chi connectivity index (χ2n) is 5.05. The van der Waals surface area contributed by atoms with E-state index in [1.165, 1.54) is 0 Å². The van der Waals surface area contributed by atoms with Gasteiger partial charge < -0.3 is 4.74 Å². The van der Waals surface area contributed by atoms with Crippen LogP contribution in [0.25, 0.3) is 0 Å². The molecule has 1 nitrogen and oxygen atoms in total. The lowest BCUT2D eigenvalue weighted by molar-refractivity contribution is -0.0456. The van der Waals surface area contributed by atoms with Crippen molar-refractivity contribution in [3.8, 4) is 5.75 Å². The monoisotopic (exact) mass is 354 g/mol. The normalized spacial score (nSPS) is 24.4. The Morgan fingerprint density at radius 2 is 1.65 bits per heavy atom. The van der Waals surface area contributed by atoms with Crippen molar-refractivity contribution in [2.24, 2.45) is 5.41 Å². The molecule has 0 radical (unpaired) electrons. The molecule has 0 spiro atoms. The van der Waals surface area contributed by atoms with E-state index in [1.54, 1.807) is 0 Å². The molecule has 1 aromatic rings. The standard InChI is InChI=1S/C14H15BrF4O/c1-3-14(4-2)9(15)6-10(14)20-13-11(18)7(16)5-8(17)12(13)19/h5,9-10H,3-4,6H2,1-2H3. The van der Waals surface area contributed by atoms with Crippen LogP contribution < -0.4 is 4.74 Å². The molecule has 6 heteroatoms. The van der Waals surface area contributed by atoms with Gasteiger partial charge in [-0.05, 0) is 19.3 Å². The Labute approximate surface area is 123 Å². The largest absolute Gasteiger partial charge is 0.484 e. The molecular weight excluding hydrogens is 340 g/mol. The third-order valence-corrected chi connectivity index (χ3v) is 5.62. The molecule has 2 rings (SSSR count). The molecule has 1 aliphatic rings. The van der Waals surface area contributed by atoms with Crippen LogP contribution in [0.15, 0.2) is 6.07 Å². The predicted octanol–water partition coefficient (Wildman–Crippen LogP) is 4.96. The first kappa shape index (κ1) is 15.6. The zero-order valence-electron chi connectivity index (χ0n) is 11.2. The van der Waals surface area contributed by atoms with Crippen molar-refractivity contribution in [2.45, 2.75) is 44.0 Å². The molecule has 0 amide bonds. The van der Waals surface area contributed by atoms with Gasteiger partial charge in [0, 0.05) is 16.3 Å². The maximum atomic E-state index is 13.6. The smallest absolute Gasteiger partial charge is 0.203 e. The minimum atomic E-state index is -1.48. The van der Waals surface area contributed by atoms with Crippen LogP contribution >= 0.6 is 15.9 Å². The molecule has 0 bridgehead atoms. The van der Waals surface area contributed by atoms with Crippen LogP contribution in [0.4, 0.5) is 17.6 Å². The Morgan fingerprint density at radius 1 is 1.15 bits per heavy atom. The number of halogens is 5. The van der Waals surface area contributed by atoms with Gasteiger partial charge in [-0.1, -0.05) is 29.8 Å². The number of hydrogen-bond acceptors (Lipinski definition) is 1. The molecule has 0 aromatic heterocycles. The van der Waals surface area contributed by atoms with Crippen molar-refractivity contribution < 1.29 is 22.3 Å². The van der Waals surface area contributed by atoms with Gasteiger partial charge >= 0.3 is 0 Å². The van der Waals surface area contributed by atoms with Gasteiger partial charge in [0.2, 0.25) is 11.6 Å². The maximum Gasteiger partial charge on any atom is 0.203 e. The van der Waals surface area contributed by atoms with Gasteiger partial charge in [0.1, 0.15) is 6.10 Å². The summed E-state index contributed by atoms with van der Waals surface area (Å²) in [5.41, 5.74) is -0.276. The molecule has 0 heterocycles. The van der Waals surface area contributed by atoms with Crippen LogP contribution in [-0.2, 0) is 0 Å². The van der Waals surface area contributed by atoms with E-state index in [-0.39, 0.29) is 16.3 Å². The van der Waals surface area contributed by atoms with Gasteiger partial charge in [-0.15, -0.1) is 0 Å². The highest BCUT2D eigenvalue weighted by Gasteiger charge is 2.53. The molecule has 0 N–H and O–H groups in total. The van der Waals surface area contributed by atoms with Gasteiger partial charge in [-0.2, -0.15) is 8.78 Å². The molecule has 2 atom stereocenters. The Balaban J connectivity index is 2.32. The SMILES string of the molecule is CCC1(CC)C(Br)CC1Oc1c(F)c(F)cc(F)c1F. The van der Waals surface area contributed by atoms with Crippen molar-refractivity contribution >= 4 is 15.9 Å². The van der Waals surface area contributed by atoms with E-state index in [9.17, 15) is 17.6 Å². The average Bonchev–Trinajstić information content (AvgIpc) is 2.41. The van der Waals surface area contributed by atoms with Crippen LogP contribution in [0.2, 0.25) is 0 Å². The summed E-state index contributed by atoms with van der Waals surface area (Å²) in [4.78, 5) is 0.166. The minimum Gasteiger partial charge on any atom is -0.484 e. The second-order valence-corrected chi connectivity index (χ2v) is 6.15. The Bertz CT molecular complexity index is 490. The summed E-state index contributed by atoms with van der Waals surface area (Å²) in [6.07, 6.45) is 1.56. The fourth-order valence-electron chi connectivity index (χ4n) is 2.81. The van der Waals surface area contributed by atoms with Crippen molar-refractivity contribution in [1.82, 2.24) is 0 Å². The highest BCUT2D eigenvalue weighted by atomic mass is 79.9. The predicted molar refractivity (Wildman–Crippen MR) is 71.0 cm³/mol. The number of ether oxygens (including phenoxy) is 1. The molecule has 1 fully saturated rings. The van der Waals surface area contributed by atoms with Crippen LogP contribution in [0.5, 0.6) is 5.75 Å². The zero-order chi connectivity index (χ0) is 15.1. The number of benzene rings is 1. The lowest BCUT2D eigenvalue weighted by Crippen LogP contribution is -2.56. The maximum absolute atomic E-state index is 13.6. The van der Waals surface area contributed by atoms with E-state index in [1.807, 2.05) is 13.8 Å². The fourth-order valence-corrected chi connectivity index (χ4v) is 4.09. The molecule has 0 saturated heterocycles. The van der Waals surface area contributed by atoms with Crippen molar-refractivity contribution in [1.29, 1.82) is 0 Å². The first-order chi connectivity index (χ1) is 9.37. The number of alkyl halides is 1. The molecule has 112 valence electrons. The van der Waals surface area contributed by atoms with Crippen molar-refractivity contribution in [3.63, 3.8) is 0 Å². The van der Waals surface area contributed by atoms with E-state index < -0.39 is 35.1 Å². The van der Waals surface area contributed by atoms with Crippen LogP contribution in [0.1, 0.15) is 33.1 Å². The Hall–Kier alpha value is -0.780. The van der Waals surface area contributed by atoms with E-state index in [4.69, 9.17) is 4.74 Å². The Kier molecular flexibility index (Phi) is 4.33. The molecule has 0 aliphatic heterocycles. The highest BCUT2D eigenvalue weighted by molar-refractivity contribution is 9.09. The van der Waals surface area contributed by atoms with Gasteiger partial charge in [-0.25, -0.2) is 8.78 Å². The number of rotatable bonds is 4. The molecule has 20 heavy (non-hydrogen) atoms. The fraction of sp³-hybridized carbons (Fsp3) is 0.571. The summed E-state index contributed by atoms with van der Waals surface area (Å²) in [6.45, 7) is 3.90. The van der Waals surface area contributed by atoms with Gasteiger partial charge in [0.05, 0.1) is 0 Å². The van der Waals surface area contributed by atoms with Gasteiger partial charge in [0.25, 0.3) is 0 Å². The second kappa shape index (κ2) is 5.54. The lowest BCUT2D eigenvalue weighted by atomic mass is 9.62. The first-order valence-corrected chi connectivity index (χ1v) is 7.42. The van der Waals surface area contributed by atoms with Crippen molar-refractivity contribution in [2.75, 3.05) is 0 Å². The number of hydrogen-bond donors (Lipinski definition) is 0. The van der Waals surface area contributed by atoms with Crippen LogP contribution in [0, 0.1) is 28.7 Å². The van der Waals surface area contributed by atoms with E-state index >= 15 is 0 Å². The molecule has 1 aliphatic carbocycles. The van der Waals surface area contributed by atoms with Crippen molar-refractivity contribution in [3.05, 3.63) is 29.3 Å². The summed E-state index contributed by atoms with van der Waals surface area (Å²) in [7, 11) is 0. The topological polar surface area (TPSA) is 9.23 Å². The summed E-state index contributed by atoms with van der Waals surface area (Å²) in [6, 6.07) is 0.179. The van der Waals surface area contributed by atoms with E-state index in [0.717, 1.165) is 12.8 Å². The summed E-state index contributed by atoms with van der Waals surface area (Å²) in [5, 5.41) is 0. The first-order valence-electron chi connectivity index (χ1n) is 6.51. The third-order valence-electron chi connectivity index (χ3n) is 4.33. The average molecular weight is 355 g/mol. The van der Waals surface area contributed by atoms with Crippen LogP contribution in [-0.4, -0.2) is 10.9 Å². The summed E-state index contributed by atoms with van der Waals surface area (Å²) in [5.74, 6) is -6.83. The molecule has 2 unspecified atom stereocenters. The third kappa shape index (κ3) is 2.22. The van der Waals surface area contributed by atoms with Gasteiger partial charge in [-0.3, -0.25) is 0 Å². The molecule has 1 saturated carbocycles. The summed E-state index contributed by atoms with van der Waals surface area (Å²) < 4.78 is 58.8. The molecular formula is C14H15BrF4O. The lowest BCUT2D eigenvalue weighted by Gasteiger charge is -2.52. The van der Waals surface area contributed by atoms with E-state index in [0.29, 0.717) is 6.42 Å². The van der Waals surface area contributed by atoms with Crippen LogP contribution in [0.3, 0.4) is 0 Å². The van der Waals surface area contributed by atoms with E-state index in [2.05, 4.69) is 15.9 Å².